The number of anilines is 1. The van der Waals surface area contributed by atoms with Crippen molar-refractivity contribution in [3.05, 3.63) is 30.1 Å². The van der Waals surface area contributed by atoms with E-state index >= 15 is 0 Å². The molecule has 17 heavy (non-hydrogen) atoms. The lowest BCUT2D eigenvalue weighted by molar-refractivity contribution is -0.136. The summed E-state index contributed by atoms with van der Waals surface area (Å²) >= 11 is 0. The quantitative estimate of drug-likeness (QED) is 0.787. The van der Waals surface area contributed by atoms with Gasteiger partial charge in [0.25, 0.3) is 0 Å². The Morgan fingerprint density at radius 3 is 2.53 bits per heavy atom. The fraction of sp³-hybridized carbons (Fsp3) is 0.333. The molecule has 1 aromatic rings. The molecule has 92 valence electrons. The fourth-order valence-electron chi connectivity index (χ4n) is 1.13. The van der Waals surface area contributed by atoms with Crippen LogP contribution >= 0.6 is 0 Å². The molecule has 0 aromatic heterocycles. The summed E-state index contributed by atoms with van der Waals surface area (Å²) in [6.45, 7) is 3.67. The molecule has 0 saturated carbocycles. The van der Waals surface area contributed by atoms with E-state index in [1.54, 1.807) is 13.0 Å². The van der Waals surface area contributed by atoms with Crippen molar-refractivity contribution in [2.75, 3.05) is 5.32 Å². The molecule has 2 amide bonds. The highest BCUT2D eigenvalue weighted by atomic mass is 19.1. The maximum absolute atomic E-state index is 13.2. The van der Waals surface area contributed by atoms with Gasteiger partial charge in [-0.05, 0) is 25.5 Å². The van der Waals surface area contributed by atoms with Crippen LogP contribution in [-0.2, 0) is 9.59 Å². The van der Waals surface area contributed by atoms with Crippen molar-refractivity contribution in [3.8, 4) is 0 Å². The van der Waals surface area contributed by atoms with Crippen LogP contribution in [0.5, 0.6) is 0 Å². The molecular formula is C12H15FN2O2. The Hall–Kier alpha value is -1.91. The molecule has 0 radical (unpaired) electrons. The van der Waals surface area contributed by atoms with Crippen molar-refractivity contribution in [2.24, 2.45) is 0 Å². The second-order valence-corrected chi connectivity index (χ2v) is 3.72. The van der Waals surface area contributed by atoms with Crippen LogP contribution < -0.4 is 10.6 Å². The Morgan fingerprint density at radius 2 is 1.94 bits per heavy atom. The first kappa shape index (κ1) is 13.2. The first-order chi connectivity index (χ1) is 8.04. The summed E-state index contributed by atoms with van der Waals surface area (Å²) in [5.41, 5.74) is -0.00296. The van der Waals surface area contributed by atoms with Crippen LogP contribution in [0, 0.1) is 5.82 Å². The van der Waals surface area contributed by atoms with Gasteiger partial charge >= 0.3 is 11.8 Å². The summed E-state index contributed by atoms with van der Waals surface area (Å²) in [7, 11) is 0. The van der Waals surface area contributed by atoms with E-state index in [0.717, 1.165) is 6.42 Å². The number of hydrogen-bond donors (Lipinski definition) is 2. The normalized spacial score (nSPS) is 11.7. The molecule has 0 heterocycles. The van der Waals surface area contributed by atoms with Gasteiger partial charge in [-0.2, -0.15) is 0 Å². The van der Waals surface area contributed by atoms with Gasteiger partial charge in [-0.3, -0.25) is 9.59 Å². The Bertz CT molecular complexity index is 421. The number of carbonyl (C=O) groups is 2. The molecule has 1 atom stereocenters. The topological polar surface area (TPSA) is 58.2 Å². The van der Waals surface area contributed by atoms with Gasteiger partial charge in [0.2, 0.25) is 0 Å². The van der Waals surface area contributed by atoms with Gasteiger partial charge < -0.3 is 10.6 Å². The predicted molar refractivity (Wildman–Crippen MR) is 62.9 cm³/mol. The van der Waals surface area contributed by atoms with Crippen molar-refractivity contribution in [1.82, 2.24) is 5.32 Å². The van der Waals surface area contributed by atoms with E-state index in [-0.39, 0.29) is 11.7 Å². The van der Waals surface area contributed by atoms with Crippen molar-refractivity contribution < 1.29 is 14.0 Å². The SMILES string of the molecule is CCC(C)NC(=O)C(=O)Nc1ccccc1F. The lowest BCUT2D eigenvalue weighted by Crippen LogP contribution is -2.40. The summed E-state index contributed by atoms with van der Waals surface area (Å²) in [4.78, 5) is 22.8. The molecular weight excluding hydrogens is 223 g/mol. The minimum atomic E-state index is -0.865. The molecule has 2 N–H and O–H groups in total. The van der Waals surface area contributed by atoms with E-state index in [1.807, 2.05) is 6.92 Å². The number of amides is 2. The zero-order valence-electron chi connectivity index (χ0n) is 9.79. The number of hydrogen-bond acceptors (Lipinski definition) is 2. The van der Waals surface area contributed by atoms with Gasteiger partial charge in [0.15, 0.2) is 0 Å². The molecule has 0 saturated heterocycles. The molecule has 1 unspecified atom stereocenters. The first-order valence-corrected chi connectivity index (χ1v) is 5.41. The minimum Gasteiger partial charge on any atom is -0.345 e. The zero-order chi connectivity index (χ0) is 12.8. The molecule has 5 heteroatoms. The van der Waals surface area contributed by atoms with Crippen LogP contribution in [0.1, 0.15) is 20.3 Å². The summed E-state index contributed by atoms with van der Waals surface area (Å²) in [6.07, 6.45) is 0.721. The standard InChI is InChI=1S/C12H15FN2O2/c1-3-8(2)14-11(16)12(17)15-10-7-5-4-6-9(10)13/h4-8H,3H2,1-2H3,(H,14,16)(H,15,17). The molecule has 4 nitrogen and oxygen atoms in total. The Balaban J connectivity index is 2.61. The third kappa shape index (κ3) is 3.86. The van der Waals surface area contributed by atoms with Gasteiger partial charge in [-0.25, -0.2) is 4.39 Å². The Kier molecular flexibility index (Phi) is 4.63. The summed E-state index contributed by atoms with van der Waals surface area (Å²) < 4.78 is 13.2. The van der Waals surface area contributed by atoms with E-state index in [0.29, 0.717) is 0 Å². The van der Waals surface area contributed by atoms with Crippen LogP contribution in [0.15, 0.2) is 24.3 Å². The molecule has 0 spiro atoms. The maximum Gasteiger partial charge on any atom is 0.313 e. The highest BCUT2D eigenvalue weighted by Crippen LogP contribution is 2.11. The van der Waals surface area contributed by atoms with Crippen LogP contribution in [0.4, 0.5) is 10.1 Å². The van der Waals surface area contributed by atoms with Gasteiger partial charge in [0, 0.05) is 6.04 Å². The third-order valence-corrected chi connectivity index (χ3v) is 2.32. The second-order valence-electron chi connectivity index (χ2n) is 3.72. The lowest BCUT2D eigenvalue weighted by Gasteiger charge is -2.11. The van der Waals surface area contributed by atoms with Crippen molar-refractivity contribution in [1.29, 1.82) is 0 Å². The van der Waals surface area contributed by atoms with Crippen LogP contribution in [0.25, 0.3) is 0 Å². The molecule has 0 bridgehead atoms. The van der Waals surface area contributed by atoms with Crippen molar-refractivity contribution in [2.45, 2.75) is 26.3 Å². The Morgan fingerprint density at radius 1 is 1.29 bits per heavy atom. The molecule has 0 aliphatic rings. The molecule has 0 fully saturated rings. The number of carbonyl (C=O) groups excluding carboxylic acids is 2. The van der Waals surface area contributed by atoms with Crippen molar-refractivity contribution in [3.63, 3.8) is 0 Å². The first-order valence-electron chi connectivity index (χ1n) is 5.41. The highest BCUT2D eigenvalue weighted by molar-refractivity contribution is 6.39. The van der Waals surface area contributed by atoms with Gasteiger partial charge in [-0.1, -0.05) is 19.1 Å². The smallest absolute Gasteiger partial charge is 0.313 e. The molecule has 0 aliphatic carbocycles. The van der Waals surface area contributed by atoms with E-state index in [4.69, 9.17) is 0 Å². The largest absolute Gasteiger partial charge is 0.345 e. The fourth-order valence-corrected chi connectivity index (χ4v) is 1.13. The summed E-state index contributed by atoms with van der Waals surface area (Å²) in [6, 6.07) is 5.59. The van der Waals surface area contributed by atoms with E-state index in [9.17, 15) is 14.0 Å². The minimum absolute atomic E-state index is 0.00296. The second kappa shape index (κ2) is 5.98. The van der Waals surface area contributed by atoms with Gasteiger partial charge in [-0.15, -0.1) is 0 Å². The van der Waals surface area contributed by atoms with E-state index < -0.39 is 17.6 Å². The van der Waals surface area contributed by atoms with Crippen LogP contribution in [0.3, 0.4) is 0 Å². The highest BCUT2D eigenvalue weighted by Gasteiger charge is 2.16. The number of rotatable bonds is 3. The van der Waals surface area contributed by atoms with Crippen molar-refractivity contribution >= 4 is 17.5 Å². The monoisotopic (exact) mass is 238 g/mol. The maximum atomic E-state index is 13.2. The average Bonchev–Trinajstić information content (AvgIpc) is 2.31. The van der Waals surface area contributed by atoms with Crippen LogP contribution in [0.2, 0.25) is 0 Å². The number of nitrogens with one attached hydrogen (secondary N) is 2. The average molecular weight is 238 g/mol. The summed E-state index contributed by atoms with van der Waals surface area (Å²) in [5, 5.41) is 4.71. The Labute approximate surface area is 99.2 Å². The summed E-state index contributed by atoms with van der Waals surface area (Å²) in [5.74, 6) is -2.20. The van der Waals surface area contributed by atoms with Gasteiger partial charge in [0.05, 0.1) is 5.69 Å². The van der Waals surface area contributed by atoms with Gasteiger partial charge in [0.1, 0.15) is 5.82 Å². The number of benzene rings is 1. The zero-order valence-corrected chi connectivity index (χ0v) is 9.79. The molecule has 0 aliphatic heterocycles. The predicted octanol–water partition coefficient (Wildman–Crippen LogP) is 1.68. The number of halogens is 1. The molecule has 1 aromatic carbocycles. The van der Waals surface area contributed by atoms with E-state index in [2.05, 4.69) is 10.6 Å². The van der Waals surface area contributed by atoms with E-state index in [1.165, 1.54) is 18.2 Å². The number of para-hydroxylation sites is 1. The third-order valence-electron chi connectivity index (χ3n) is 2.32. The molecule has 1 rings (SSSR count). The van der Waals surface area contributed by atoms with Crippen LogP contribution in [-0.4, -0.2) is 17.9 Å². The lowest BCUT2D eigenvalue weighted by atomic mass is 10.2.